The van der Waals surface area contributed by atoms with Gasteiger partial charge in [-0.2, -0.15) is 5.26 Å². The zero-order valence-electron chi connectivity index (χ0n) is 36.3. The third-order valence-corrected chi connectivity index (χ3v) is 10.6. The van der Waals surface area contributed by atoms with Gasteiger partial charge in [-0.3, -0.25) is 10.1 Å². The fourth-order valence-corrected chi connectivity index (χ4v) is 7.08. The van der Waals surface area contributed by atoms with Gasteiger partial charge in [0.25, 0.3) is 0 Å². The number of nitrogens with zero attached hydrogens (tertiary/aromatic N) is 1. The lowest BCUT2D eigenvalue weighted by molar-refractivity contribution is -0.147. The highest BCUT2D eigenvalue weighted by molar-refractivity contribution is 6.69. The first kappa shape index (κ1) is 47.2. The summed E-state index contributed by atoms with van der Waals surface area (Å²) < 4.78 is 34.8. The first-order valence-corrected chi connectivity index (χ1v) is 23.8. The minimum Gasteiger partial charge on any atom is -0.508 e. The average molecular weight is 875 g/mol. The number of phenolic OH excluding ortho intramolecular Hbond substituents is 1. The third kappa shape index (κ3) is 14.4. The topological polar surface area (TPSA) is 187 Å². The summed E-state index contributed by atoms with van der Waals surface area (Å²) in [5, 5.41) is 29.1. The van der Waals surface area contributed by atoms with Gasteiger partial charge in [-0.15, -0.1) is 0 Å². The van der Waals surface area contributed by atoms with Crippen molar-refractivity contribution in [3.63, 3.8) is 0 Å². The SMILES string of the molecule is CCOC(=O)[C@@H](NC(=O)[C@@H](Cc1ccc(O)cc1)NC(=O)OCc1ccccc1)c1cc(OC)cc(Oc2cc([C@@H](C#N)N[C@H](CO[Si](C)(C)C)c3ccccc3)ccc2OC)c1. The van der Waals surface area contributed by atoms with Gasteiger partial charge in [0.05, 0.1) is 39.5 Å². The van der Waals surface area contributed by atoms with Crippen molar-refractivity contribution in [2.24, 2.45) is 0 Å². The van der Waals surface area contributed by atoms with E-state index in [0.717, 1.165) is 11.1 Å². The molecular formula is C48H54N4O10Si. The number of rotatable bonds is 21. The van der Waals surface area contributed by atoms with E-state index in [2.05, 4.69) is 41.7 Å². The zero-order valence-corrected chi connectivity index (χ0v) is 37.3. The molecule has 0 saturated heterocycles. The van der Waals surface area contributed by atoms with Crippen LogP contribution in [-0.2, 0) is 36.5 Å². The summed E-state index contributed by atoms with van der Waals surface area (Å²) in [6, 6.07) is 33.5. The molecule has 14 nitrogen and oxygen atoms in total. The van der Waals surface area contributed by atoms with Crippen LogP contribution in [0, 0.1) is 11.3 Å². The Hall–Kier alpha value is -6.86. The van der Waals surface area contributed by atoms with Crippen LogP contribution < -0.4 is 30.2 Å². The molecule has 0 heterocycles. The average Bonchev–Trinajstić information content (AvgIpc) is 3.28. The number of hydrogen-bond acceptors (Lipinski definition) is 12. The van der Waals surface area contributed by atoms with Gasteiger partial charge in [0.2, 0.25) is 5.91 Å². The van der Waals surface area contributed by atoms with Gasteiger partial charge in [0.15, 0.2) is 25.9 Å². The summed E-state index contributed by atoms with van der Waals surface area (Å²) >= 11 is 0. The Balaban J connectivity index is 1.43. The van der Waals surface area contributed by atoms with E-state index < -0.39 is 44.4 Å². The van der Waals surface area contributed by atoms with E-state index in [4.69, 9.17) is 28.1 Å². The fraction of sp³-hybridized carbons (Fsp3) is 0.292. The number of phenols is 1. The Kier molecular flexibility index (Phi) is 17.1. The second-order valence-corrected chi connectivity index (χ2v) is 19.9. The number of benzene rings is 5. The number of nitriles is 1. The zero-order chi connectivity index (χ0) is 45.4. The van der Waals surface area contributed by atoms with Gasteiger partial charge in [-0.25, -0.2) is 9.59 Å². The molecule has 0 aliphatic carbocycles. The number of hydrogen-bond donors (Lipinski definition) is 4. The summed E-state index contributed by atoms with van der Waals surface area (Å²) in [5.41, 5.74) is 3.17. The maximum Gasteiger partial charge on any atom is 0.408 e. The molecule has 5 rings (SSSR count). The molecule has 5 aromatic rings. The van der Waals surface area contributed by atoms with Crippen molar-refractivity contribution in [2.75, 3.05) is 27.4 Å². The third-order valence-electron chi connectivity index (χ3n) is 9.61. The predicted molar refractivity (Wildman–Crippen MR) is 239 cm³/mol. The van der Waals surface area contributed by atoms with Gasteiger partial charge in [-0.1, -0.05) is 78.9 Å². The molecule has 0 fully saturated rings. The summed E-state index contributed by atoms with van der Waals surface area (Å²) in [6.45, 7) is 8.30. The van der Waals surface area contributed by atoms with Crippen LogP contribution in [0.25, 0.3) is 0 Å². The molecule has 0 aliphatic rings. The normalized spacial score (nSPS) is 13.0. The quantitative estimate of drug-likeness (QED) is 0.0410. The van der Waals surface area contributed by atoms with Crippen LogP contribution in [0.3, 0.4) is 0 Å². The van der Waals surface area contributed by atoms with E-state index in [1.54, 1.807) is 67.6 Å². The maximum absolute atomic E-state index is 14.2. The van der Waals surface area contributed by atoms with E-state index in [1.807, 2.05) is 48.5 Å². The van der Waals surface area contributed by atoms with Gasteiger partial charge >= 0.3 is 12.1 Å². The van der Waals surface area contributed by atoms with Crippen LogP contribution in [0.1, 0.15) is 52.9 Å². The van der Waals surface area contributed by atoms with Crippen molar-refractivity contribution >= 4 is 26.3 Å². The smallest absolute Gasteiger partial charge is 0.408 e. The molecule has 0 aliphatic heterocycles. The molecule has 5 aromatic carbocycles. The Labute approximate surface area is 369 Å². The van der Waals surface area contributed by atoms with Crippen molar-refractivity contribution in [1.29, 1.82) is 5.26 Å². The molecule has 0 spiro atoms. The minimum atomic E-state index is -1.90. The molecule has 0 radical (unpaired) electrons. The molecule has 4 atom stereocenters. The molecule has 2 amide bonds. The highest BCUT2D eigenvalue weighted by atomic mass is 28.4. The van der Waals surface area contributed by atoms with Gasteiger partial charge in [0.1, 0.15) is 35.9 Å². The second kappa shape index (κ2) is 22.8. The summed E-state index contributed by atoms with van der Waals surface area (Å²) in [4.78, 5) is 40.9. The Morgan fingerprint density at radius 3 is 2.05 bits per heavy atom. The highest BCUT2D eigenvalue weighted by Gasteiger charge is 2.31. The van der Waals surface area contributed by atoms with Crippen molar-refractivity contribution in [3.8, 4) is 34.8 Å². The number of amides is 2. The van der Waals surface area contributed by atoms with Crippen molar-refractivity contribution in [3.05, 3.63) is 149 Å². The van der Waals surface area contributed by atoms with Gasteiger partial charge < -0.3 is 43.9 Å². The molecule has 15 heteroatoms. The summed E-state index contributed by atoms with van der Waals surface area (Å²) in [6.07, 6.45) is -0.872. The number of aromatic hydroxyl groups is 1. The predicted octanol–water partition coefficient (Wildman–Crippen LogP) is 8.21. The van der Waals surface area contributed by atoms with Crippen LogP contribution in [0.4, 0.5) is 4.79 Å². The lowest BCUT2D eigenvalue weighted by Gasteiger charge is -2.27. The molecule has 0 saturated carbocycles. The molecule has 330 valence electrons. The van der Waals surface area contributed by atoms with Gasteiger partial charge in [0, 0.05) is 12.5 Å². The van der Waals surface area contributed by atoms with Crippen LogP contribution in [0.5, 0.6) is 28.7 Å². The Bertz CT molecular complexity index is 2320. The summed E-state index contributed by atoms with van der Waals surface area (Å²) in [5.74, 6) is -0.370. The molecular weight excluding hydrogens is 821 g/mol. The monoisotopic (exact) mass is 874 g/mol. The van der Waals surface area contributed by atoms with E-state index in [9.17, 15) is 24.8 Å². The number of esters is 1. The first-order chi connectivity index (χ1) is 30.3. The van der Waals surface area contributed by atoms with E-state index in [0.29, 0.717) is 23.5 Å². The van der Waals surface area contributed by atoms with E-state index in [1.165, 1.54) is 26.4 Å². The van der Waals surface area contributed by atoms with E-state index in [-0.39, 0.29) is 54.2 Å². The maximum atomic E-state index is 14.2. The van der Waals surface area contributed by atoms with Crippen LogP contribution in [-0.4, -0.2) is 64.9 Å². The van der Waals surface area contributed by atoms with Crippen LogP contribution in [0.2, 0.25) is 19.6 Å². The Morgan fingerprint density at radius 2 is 1.41 bits per heavy atom. The number of carbonyl (C=O) groups excluding carboxylic acids is 3. The number of ether oxygens (including phenoxy) is 5. The highest BCUT2D eigenvalue weighted by Crippen LogP contribution is 2.37. The lowest BCUT2D eigenvalue weighted by atomic mass is 10.0. The molecule has 63 heavy (non-hydrogen) atoms. The van der Waals surface area contributed by atoms with Crippen LogP contribution >= 0.6 is 0 Å². The number of methoxy groups -OCH3 is 2. The molecule has 4 N–H and O–H groups in total. The molecule has 0 aromatic heterocycles. The lowest BCUT2D eigenvalue weighted by Crippen LogP contribution is -2.50. The minimum absolute atomic E-state index is 0.00696. The standard InChI is InChI=1S/C48H54N4O10Si/c1-7-59-47(55)45(52-46(54)40(24-32-18-21-37(53)22-19-32)51-48(56)60-30-33-14-10-8-11-15-33)36-25-38(57-2)28-39(26-36)62-44-27-35(20-23-43(44)58-3)41(29-49)50-42(31-61-63(4,5)6)34-16-12-9-13-17-34/h8-23,25-28,40-42,45,50,53H,7,24,30-31H2,1-6H3,(H,51,56)(H,52,54)/t40-,41-,42-,45+/m1/s1. The van der Waals surface area contributed by atoms with Crippen molar-refractivity contribution in [1.82, 2.24) is 16.0 Å². The molecule has 0 unspecified atom stereocenters. The Morgan fingerprint density at radius 1 is 0.730 bits per heavy atom. The van der Waals surface area contributed by atoms with E-state index >= 15 is 0 Å². The second-order valence-electron chi connectivity index (χ2n) is 15.4. The van der Waals surface area contributed by atoms with Crippen LogP contribution in [0.15, 0.2) is 121 Å². The fourth-order valence-electron chi connectivity index (χ4n) is 6.42. The summed E-state index contributed by atoms with van der Waals surface area (Å²) in [7, 11) is 1.04. The van der Waals surface area contributed by atoms with Crippen molar-refractivity contribution in [2.45, 2.75) is 63.8 Å². The van der Waals surface area contributed by atoms with Crippen molar-refractivity contribution < 1.29 is 47.6 Å². The number of nitrogens with one attached hydrogen (secondary N) is 3. The number of carbonyl (C=O) groups is 3. The largest absolute Gasteiger partial charge is 0.508 e. The van der Waals surface area contributed by atoms with Gasteiger partial charge in [-0.05, 0) is 90.8 Å². The first-order valence-electron chi connectivity index (χ1n) is 20.4. The number of alkyl carbamates (subject to hydrolysis) is 1. The molecule has 0 bridgehead atoms.